The lowest BCUT2D eigenvalue weighted by molar-refractivity contribution is 0.209. The standard InChI is InChI=1S/C16H16FNO2/c1-10-4-3-5-14-16(10)18-9-15(20-14)11-6-7-13(19-2)12(17)8-11/h3-8,15,18H,9H2,1-2H3. The number of nitrogens with one attached hydrogen (secondary N) is 1. The minimum absolute atomic E-state index is 0.204. The third-order valence-electron chi connectivity index (χ3n) is 3.52. The molecule has 1 atom stereocenters. The molecule has 1 aliphatic rings. The Kier molecular flexibility index (Phi) is 3.22. The van der Waals surface area contributed by atoms with Crippen molar-refractivity contribution in [3.8, 4) is 11.5 Å². The fourth-order valence-corrected chi connectivity index (χ4v) is 2.42. The zero-order chi connectivity index (χ0) is 14.1. The smallest absolute Gasteiger partial charge is 0.165 e. The quantitative estimate of drug-likeness (QED) is 0.905. The van der Waals surface area contributed by atoms with Gasteiger partial charge in [-0.2, -0.15) is 0 Å². The van der Waals surface area contributed by atoms with Crippen LogP contribution in [0.15, 0.2) is 36.4 Å². The summed E-state index contributed by atoms with van der Waals surface area (Å²) in [6, 6.07) is 10.8. The van der Waals surface area contributed by atoms with Crippen LogP contribution in [0.2, 0.25) is 0 Å². The normalized spacial score (nSPS) is 16.9. The van der Waals surface area contributed by atoms with E-state index in [2.05, 4.69) is 5.32 Å². The van der Waals surface area contributed by atoms with Gasteiger partial charge in [-0.25, -0.2) is 4.39 Å². The van der Waals surface area contributed by atoms with E-state index in [1.165, 1.54) is 13.2 Å². The lowest BCUT2D eigenvalue weighted by Gasteiger charge is -2.28. The number of ether oxygens (including phenoxy) is 2. The first-order chi connectivity index (χ1) is 9.69. The van der Waals surface area contributed by atoms with Crippen molar-refractivity contribution in [3.63, 3.8) is 0 Å². The number of halogens is 1. The molecule has 0 spiro atoms. The van der Waals surface area contributed by atoms with E-state index in [-0.39, 0.29) is 17.7 Å². The van der Waals surface area contributed by atoms with Gasteiger partial charge in [-0.1, -0.05) is 18.2 Å². The Morgan fingerprint density at radius 1 is 1.30 bits per heavy atom. The van der Waals surface area contributed by atoms with Crippen molar-refractivity contribution in [3.05, 3.63) is 53.3 Å². The van der Waals surface area contributed by atoms with E-state index in [9.17, 15) is 4.39 Å². The van der Waals surface area contributed by atoms with Gasteiger partial charge in [0.25, 0.3) is 0 Å². The summed E-state index contributed by atoms with van der Waals surface area (Å²) in [5.41, 5.74) is 2.95. The van der Waals surface area contributed by atoms with E-state index in [0.29, 0.717) is 6.54 Å². The third kappa shape index (κ3) is 2.18. The number of rotatable bonds is 2. The monoisotopic (exact) mass is 273 g/mol. The maximum atomic E-state index is 13.8. The maximum absolute atomic E-state index is 13.8. The van der Waals surface area contributed by atoms with Crippen molar-refractivity contribution in [1.29, 1.82) is 0 Å². The largest absolute Gasteiger partial charge is 0.494 e. The van der Waals surface area contributed by atoms with Gasteiger partial charge in [0.1, 0.15) is 11.9 Å². The number of fused-ring (bicyclic) bond motifs is 1. The Balaban J connectivity index is 1.88. The summed E-state index contributed by atoms with van der Waals surface area (Å²) < 4.78 is 24.6. The highest BCUT2D eigenvalue weighted by Crippen LogP contribution is 2.36. The molecule has 0 bridgehead atoms. The van der Waals surface area contributed by atoms with E-state index in [1.807, 2.05) is 31.2 Å². The Morgan fingerprint density at radius 3 is 2.90 bits per heavy atom. The summed E-state index contributed by atoms with van der Waals surface area (Å²) in [4.78, 5) is 0. The summed E-state index contributed by atoms with van der Waals surface area (Å²) in [5, 5.41) is 3.35. The first kappa shape index (κ1) is 12.8. The molecule has 1 aliphatic heterocycles. The van der Waals surface area contributed by atoms with Gasteiger partial charge in [0.2, 0.25) is 0 Å². The minimum Gasteiger partial charge on any atom is -0.494 e. The highest BCUT2D eigenvalue weighted by Gasteiger charge is 2.22. The molecule has 0 aliphatic carbocycles. The SMILES string of the molecule is COc1ccc(C2CNc3c(C)cccc3O2)cc1F. The second-order valence-electron chi connectivity index (χ2n) is 4.83. The number of hydrogen-bond acceptors (Lipinski definition) is 3. The van der Waals surface area contributed by atoms with E-state index in [0.717, 1.165) is 22.6 Å². The van der Waals surface area contributed by atoms with Gasteiger partial charge >= 0.3 is 0 Å². The average molecular weight is 273 g/mol. The van der Waals surface area contributed by atoms with Crippen LogP contribution in [0.5, 0.6) is 11.5 Å². The predicted molar refractivity (Wildman–Crippen MR) is 76.0 cm³/mol. The lowest BCUT2D eigenvalue weighted by atomic mass is 10.1. The highest BCUT2D eigenvalue weighted by molar-refractivity contribution is 5.63. The molecule has 3 nitrogen and oxygen atoms in total. The van der Waals surface area contributed by atoms with Crippen LogP contribution >= 0.6 is 0 Å². The fourth-order valence-electron chi connectivity index (χ4n) is 2.42. The molecule has 2 aromatic rings. The lowest BCUT2D eigenvalue weighted by Crippen LogP contribution is -2.24. The third-order valence-corrected chi connectivity index (χ3v) is 3.52. The van der Waals surface area contributed by atoms with E-state index < -0.39 is 0 Å². The Labute approximate surface area is 117 Å². The Bertz CT molecular complexity index is 642. The van der Waals surface area contributed by atoms with Crippen molar-refractivity contribution in [2.45, 2.75) is 13.0 Å². The van der Waals surface area contributed by atoms with E-state index >= 15 is 0 Å². The van der Waals surface area contributed by atoms with Crippen molar-refractivity contribution in [1.82, 2.24) is 0 Å². The summed E-state index contributed by atoms with van der Waals surface area (Å²) in [5.74, 6) is 0.676. The van der Waals surface area contributed by atoms with Gasteiger partial charge in [-0.15, -0.1) is 0 Å². The van der Waals surface area contributed by atoms with Crippen LogP contribution in [0.3, 0.4) is 0 Å². The second-order valence-corrected chi connectivity index (χ2v) is 4.83. The molecule has 3 rings (SSSR count). The Morgan fingerprint density at radius 2 is 2.15 bits per heavy atom. The average Bonchev–Trinajstić information content (AvgIpc) is 2.47. The molecule has 0 saturated heterocycles. The van der Waals surface area contributed by atoms with Gasteiger partial charge in [-0.05, 0) is 36.2 Å². The number of anilines is 1. The summed E-state index contributed by atoms with van der Waals surface area (Å²) >= 11 is 0. The zero-order valence-electron chi connectivity index (χ0n) is 11.4. The second kappa shape index (κ2) is 5.04. The highest BCUT2D eigenvalue weighted by atomic mass is 19.1. The number of hydrogen-bond donors (Lipinski definition) is 1. The van der Waals surface area contributed by atoms with Crippen molar-refractivity contribution >= 4 is 5.69 Å². The van der Waals surface area contributed by atoms with Gasteiger partial charge in [0, 0.05) is 0 Å². The van der Waals surface area contributed by atoms with Crippen LogP contribution in [0.4, 0.5) is 10.1 Å². The summed E-state index contributed by atoms with van der Waals surface area (Å²) in [6.07, 6.45) is -0.204. The first-order valence-corrected chi connectivity index (χ1v) is 6.52. The molecule has 0 amide bonds. The zero-order valence-corrected chi connectivity index (χ0v) is 11.4. The van der Waals surface area contributed by atoms with Crippen LogP contribution in [-0.2, 0) is 0 Å². The molecule has 2 aromatic carbocycles. The number of benzene rings is 2. The first-order valence-electron chi connectivity index (χ1n) is 6.52. The molecule has 0 aromatic heterocycles. The number of aryl methyl sites for hydroxylation is 1. The van der Waals surface area contributed by atoms with Crippen LogP contribution in [0.25, 0.3) is 0 Å². The molecule has 0 radical (unpaired) electrons. The van der Waals surface area contributed by atoms with Crippen LogP contribution in [0.1, 0.15) is 17.2 Å². The fraction of sp³-hybridized carbons (Fsp3) is 0.250. The van der Waals surface area contributed by atoms with Crippen molar-refractivity contribution < 1.29 is 13.9 Å². The van der Waals surface area contributed by atoms with Gasteiger partial charge in [-0.3, -0.25) is 0 Å². The number of methoxy groups -OCH3 is 1. The van der Waals surface area contributed by atoms with Gasteiger partial charge in [0.05, 0.1) is 19.3 Å². The minimum atomic E-state index is -0.372. The maximum Gasteiger partial charge on any atom is 0.165 e. The van der Waals surface area contributed by atoms with Crippen LogP contribution in [-0.4, -0.2) is 13.7 Å². The van der Waals surface area contributed by atoms with Crippen molar-refractivity contribution in [2.24, 2.45) is 0 Å². The molecule has 20 heavy (non-hydrogen) atoms. The molecule has 0 saturated carbocycles. The van der Waals surface area contributed by atoms with Gasteiger partial charge in [0.15, 0.2) is 11.6 Å². The molecule has 0 fully saturated rings. The molecule has 4 heteroatoms. The molecule has 104 valence electrons. The van der Waals surface area contributed by atoms with E-state index in [4.69, 9.17) is 9.47 Å². The van der Waals surface area contributed by atoms with Crippen LogP contribution < -0.4 is 14.8 Å². The number of para-hydroxylation sites is 1. The Hall–Kier alpha value is -2.23. The molecular formula is C16H16FNO2. The van der Waals surface area contributed by atoms with Gasteiger partial charge < -0.3 is 14.8 Å². The topological polar surface area (TPSA) is 30.5 Å². The van der Waals surface area contributed by atoms with E-state index in [1.54, 1.807) is 6.07 Å². The molecule has 1 heterocycles. The predicted octanol–water partition coefficient (Wildman–Crippen LogP) is 3.69. The molecule has 1 unspecified atom stereocenters. The molecule has 1 N–H and O–H groups in total. The molecular weight excluding hydrogens is 257 g/mol. The summed E-state index contributed by atoms with van der Waals surface area (Å²) in [7, 11) is 1.45. The van der Waals surface area contributed by atoms with Crippen LogP contribution in [0, 0.1) is 12.7 Å². The van der Waals surface area contributed by atoms with Crippen molar-refractivity contribution in [2.75, 3.05) is 19.0 Å². The summed E-state index contributed by atoms with van der Waals surface area (Å²) in [6.45, 7) is 2.65.